The minimum atomic E-state index is -0.342. The molecule has 0 saturated heterocycles. The van der Waals surface area contributed by atoms with E-state index in [1.54, 1.807) is 13.0 Å². The molecule has 0 amide bonds. The van der Waals surface area contributed by atoms with E-state index in [-0.39, 0.29) is 17.7 Å². The third-order valence-electron chi connectivity index (χ3n) is 3.30. The quantitative estimate of drug-likeness (QED) is 0.767. The molecule has 0 bridgehead atoms. The maximum absolute atomic E-state index is 13.7. The van der Waals surface area contributed by atoms with Gasteiger partial charge in [0.25, 0.3) is 0 Å². The fourth-order valence-corrected chi connectivity index (χ4v) is 2.37. The Bertz CT molecular complexity index is 491. The second-order valence-corrected chi connectivity index (χ2v) is 4.44. The van der Waals surface area contributed by atoms with Gasteiger partial charge in [-0.3, -0.25) is 4.79 Å². The van der Waals surface area contributed by atoms with Crippen LogP contribution in [0.25, 0.3) is 5.57 Å². The fraction of sp³-hybridized carbons (Fsp3) is 0.400. The Morgan fingerprint density at radius 1 is 1.50 bits per heavy atom. The van der Waals surface area contributed by atoms with E-state index >= 15 is 0 Å². The number of allylic oxidation sites excluding steroid dienone is 1. The fourth-order valence-electron chi connectivity index (χ4n) is 2.37. The summed E-state index contributed by atoms with van der Waals surface area (Å²) < 4.78 is 18.7. The molecule has 2 nitrogen and oxygen atoms in total. The Balaban J connectivity index is 2.34. The first-order chi connectivity index (χ1) is 8.65. The summed E-state index contributed by atoms with van der Waals surface area (Å²) in [7, 11) is 0. The van der Waals surface area contributed by atoms with Crippen LogP contribution in [-0.4, -0.2) is 12.6 Å². The number of esters is 1. The van der Waals surface area contributed by atoms with Gasteiger partial charge in [0, 0.05) is 0 Å². The van der Waals surface area contributed by atoms with Crippen molar-refractivity contribution < 1.29 is 13.9 Å². The lowest BCUT2D eigenvalue weighted by molar-refractivity contribution is -0.145. The lowest BCUT2D eigenvalue weighted by atomic mass is 9.84. The average molecular weight is 248 g/mol. The highest BCUT2D eigenvalue weighted by Gasteiger charge is 2.25. The number of hydrogen-bond donors (Lipinski definition) is 0. The van der Waals surface area contributed by atoms with E-state index < -0.39 is 0 Å². The van der Waals surface area contributed by atoms with Crippen LogP contribution in [0.1, 0.15) is 31.4 Å². The van der Waals surface area contributed by atoms with Crippen molar-refractivity contribution >= 4 is 11.5 Å². The zero-order valence-electron chi connectivity index (χ0n) is 10.7. The summed E-state index contributed by atoms with van der Waals surface area (Å²) >= 11 is 0. The van der Waals surface area contributed by atoms with Crippen LogP contribution in [0.3, 0.4) is 0 Å². The number of ether oxygens (including phenoxy) is 1. The second-order valence-electron chi connectivity index (χ2n) is 4.44. The van der Waals surface area contributed by atoms with Gasteiger partial charge < -0.3 is 4.74 Å². The first-order valence-corrected chi connectivity index (χ1v) is 6.29. The summed E-state index contributed by atoms with van der Waals surface area (Å²) in [5.74, 6) is -0.777. The first kappa shape index (κ1) is 12.8. The molecule has 96 valence electrons. The topological polar surface area (TPSA) is 26.3 Å². The third-order valence-corrected chi connectivity index (χ3v) is 3.30. The molecule has 2 rings (SSSR count). The predicted octanol–water partition coefficient (Wildman–Crippen LogP) is 3.35. The molecular formula is C15H17FO2. The van der Waals surface area contributed by atoms with Gasteiger partial charge in [-0.1, -0.05) is 18.2 Å². The van der Waals surface area contributed by atoms with Crippen LogP contribution >= 0.6 is 0 Å². The van der Waals surface area contributed by atoms with E-state index in [0.717, 1.165) is 17.6 Å². The first-order valence-electron chi connectivity index (χ1n) is 6.29. The van der Waals surface area contributed by atoms with Crippen LogP contribution in [0.15, 0.2) is 24.3 Å². The van der Waals surface area contributed by atoms with E-state index in [0.29, 0.717) is 18.6 Å². The monoisotopic (exact) mass is 248 g/mol. The van der Waals surface area contributed by atoms with Gasteiger partial charge in [-0.05, 0) is 49.5 Å². The zero-order valence-corrected chi connectivity index (χ0v) is 10.7. The number of hydrogen-bond acceptors (Lipinski definition) is 2. The molecule has 18 heavy (non-hydrogen) atoms. The van der Waals surface area contributed by atoms with Crippen LogP contribution in [0.4, 0.5) is 4.39 Å². The highest BCUT2D eigenvalue weighted by Crippen LogP contribution is 2.33. The molecule has 0 saturated carbocycles. The Morgan fingerprint density at radius 3 is 3.00 bits per heavy atom. The standard InChI is InChI=1S/C15H17FO2/c1-3-18-15(17)10(2)11-6-4-8-13-12(11)7-5-9-14(13)16/h5-7,9-10H,3-4,8H2,1-2H3/t10-/m1/s1. The predicted molar refractivity (Wildman–Crippen MR) is 68.5 cm³/mol. The summed E-state index contributed by atoms with van der Waals surface area (Å²) in [6.07, 6.45) is 3.48. The number of rotatable bonds is 3. The van der Waals surface area contributed by atoms with Gasteiger partial charge >= 0.3 is 5.97 Å². The van der Waals surface area contributed by atoms with Gasteiger partial charge in [-0.2, -0.15) is 0 Å². The molecular weight excluding hydrogens is 231 g/mol. The van der Waals surface area contributed by atoms with Crippen LogP contribution in [0.5, 0.6) is 0 Å². The molecule has 0 radical (unpaired) electrons. The van der Waals surface area contributed by atoms with Crippen molar-refractivity contribution in [2.45, 2.75) is 26.7 Å². The number of halogens is 1. The summed E-state index contributed by atoms with van der Waals surface area (Å²) in [6.45, 7) is 3.96. The molecule has 1 aromatic rings. The van der Waals surface area contributed by atoms with E-state index in [4.69, 9.17) is 4.74 Å². The molecule has 1 atom stereocenters. The number of carbonyl (C=O) groups is 1. The normalized spacial score (nSPS) is 15.6. The largest absolute Gasteiger partial charge is 0.466 e. The molecule has 1 aromatic carbocycles. The van der Waals surface area contributed by atoms with Crippen LogP contribution in [-0.2, 0) is 16.0 Å². The maximum Gasteiger partial charge on any atom is 0.313 e. The summed E-state index contributed by atoms with van der Waals surface area (Å²) in [6, 6.07) is 5.03. The SMILES string of the molecule is CCOC(=O)[C@H](C)C1=CCCc2c(F)cccc21. The number of benzene rings is 1. The van der Waals surface area contributed by atoms with Crippen LogP contribution < -0.4 is 0 Å². The summed E-state index contributed by atoms with van der Waals surface area (Å²) in [5, 5.41) is 0. The van der Waals surface area contributed by atoms with Gasteiger partial charge in [-0.25, -0.2) is 4.39 Å². The van der Waals surface area contributed by atoms with E-state index in [1.165, 1.54) is 6.07 Å². The number of carbonyl (C=O) groups excluding carboxylic acids is 1. The van der Waals surface area contributed by atoms with E-state index in [9.17, 15) is 9.18 Å². The van der Waals surface area contributed by atoms with E-state index in [2.05, 4.69) is 0 Å². The van der Waals surface area contributed by atoms with Gasteiger partial charge in [-0.15, -0.1) is 0 Å². The van der Waals surface area contributed by atoms with Crippen molar-refractivity contribution in [3.05, 3.63) is 41.2 Å². The average Bonchev–Trinajstić information content (AvgIpc) is 2.38. The highest BCUT2D eigenvalue weighted by molar-refractivity contribution is 5.89. The number of fused-ring (bicyclic) bond motifs is 1. The van der Waals surface area contributed by atoms with Crippen LogP contribution in [0.2, 0.25) is 0 Å². The summed E-state index contributed by atoms with van der Waals surface area (Å²) in [4.78, 5) is 11.8. The van der Waals surface area contributed by atoms with Crippen LogP contribution in [0, 0.1) is 11.7 Å². The minimum Gasteiger partial charge on any atom is -0.466 e. The molecule has 0 heterocycles. The lowest BCUT2D eigenvalue weighted by Gasteiger charge is -2.22. The molecule has 0 N–H and O–H groups in total. The van der Waals surface area contributed by atoms with Gasteiger partial charge in [0.2, 0.25) is 0 Å². The van der Waals surface area contributed by atoms with Crippen molar-refractivity contribution in [3.8, 4) is 0 Å². The summed E-state index contributed by atoms with van der Waals surface area (Å²) in [5.41, 5.74) is 2.45. The van der Waals surface area contributed by atoms with Gasteiger partial charge in [0.1, 0.15) is 5.82 Å². The van der Waals surface area contributed by atoms with E-state index in [1.807, 2.05) is 19.1 Å². The Morgan fingerprint density at radius 2 is 2.28 bits per heavy atom. The molecule has 3 heteroatoms. The van der Waals surface area contributed by atoms with Crippen molar-refractivity contribution in [3.63, 3.8) is 0 Å². The Labute approximate surface area is 106 Å². The molecule has 1 aliphatic rings. The van der Waals surface area contributed by atoms with Crippen molar-refractivity contribution in [1.29, 1.82) is 0 Å². The molecule has 0 aliphatic heterocycles. The minimum absolute atomic E-state index is 0.186. The van der Waals surface area contributed by atoms with Crippen molar-refractivity contribution in [2.75, 3.05) is 6.61 Å². The zero-order chi connectivity index (χ0) is 13.1. The van der Waals surface area contributed by atoms with Gasteiger partial charge in [0.15, 0.2) is 0 Å². The van der Waals surface area contributed by atoms with Gasteiger partial charge in [0.05, 0.1) is 12.5 Å². The third kappa shape index (κ3) is 2.30. The lowest BCUT2D eigenvalue weighted by Crippen LogP contribution is -2.18. The Kier molecular flexibility index (Phi) is 3.80. The highest BCUT2D eigenvalue weighted by atomic mass is 19.1. The van der Waals surface area contributed by atoms with Crippen molar-refractivity contribution in [2.24, 2.45) is 5.92 Å². The maximum atomic E-state index is 13.7. The molecule has 0 aromatic heterocycles. The molecule has 0 fully saturated rings. The molecule has 0 unspecified atom stereocenters. The Hall–Kier alpha value is -1.64. The second kappa shape index (κ2) is 5.34. The molecule has 0 spiro atoms. The van der Waals surface area contributed by atoms with Crippen molar-refractivity contribution in [1.82, 2.24) is 0 Å². The molecule has 1 aliphatic carbocycles. The smallest absolute Gasteiger partial charge is 0.313 e.